The zero-order chi connectivity index (χ0) is 13.9. The molecule has 1 aliphatic rings. The van der Waals surface area contributed by atoms with Crippen LogP contribution in [0.1, 0.15) is 22.4 Å². The highest BCUT2D eigenvalue weighted by Crippen LogP contribution is 2.19. The van der Waals surface area contributed by atoms with Crippen LogP contribution in [-0.2, 0) is 18.7 Å². The zero-order valence-electron chi connectivity index (χ0n) is 11.6. The van der Waals surface area contributed by atoms with E-state index in [1.807, 2.05) is 13.1 Å². The minimum absolute atomic E-state index is 0.470. The molecule has 1 aromatic carbocycles. The quantitative estimate of drug-likeness (QED) is 0.795. The second kappa shape index (κ2) is 5.80. The van der Waals surface area contributed by atoms with Crippen molar-refractivity contribution >= 4 is 17.5 Å². The fraction of sp³-hybridized carbons (Fsp3) is 0.375. The summed E-state index contributed by atoms with van der Waals surface area (Å²) in [7, 11) is 0. The lowest BCUT2D eigenvalue weighted by molar-refractivity contribution is 0.767. The molecule has 3 nitrogen and oxygen atoms in total. The van der Waals surface area contributed by atoms with Crippen LogP contribution in [0.3, 0.4) is 0 Å². The highest BCUT2D eigenvalue weighted by atomic mass is 35.5. The van der Waals surface area contributed by atoms with Crippen molar-refractivity contribution in [2.45, 2.75) is 25.6 Å². The molecule has 0 N–H and O–H groups in total. The van der Waals surface area contributed by atoms with Crippen molar-refractivity contribution in [3.63, 3.8) is 0 Å². The Morgan fingerprint density at radius 2 is 1.80 bits per heavy atom. The molecule has 0 aliphatic carbocycles. The van der Waals surface area contributed by atoms with Crippen LogP contribution in [0.4, 0.5) is 5.95 Å². The van der Waals surface area contributed by atoms with E-state index in [9.17, 15) is 0 Å². The van der Waals surface area contributed by atoms with Gasteiger partial charge >= 0.3 is 0 Å². The van der Waals surface area contributed by atoms with Gasteiger partial charge in [0.15, 0.2) is 0 Å². The van der Waals surface area contributed by atoms with Gasteiger partial charge in [-0.2, -0.15) is 0 Å². The summed E-state index contributed by atoms with van der Waals surface area (Å²) in [5, 5.41) is 0. The number of benzene rings is 1. The number of anilines is 1. The molecule has 2 heterocycles. The fourth-order valence-corrected chi connectivity index (χ4v) is 2.89. The summed E-state index contributed by atoms with van der Waals surface area (Å²) in [6.45, 7) is 3.93. The second-order valence-corrected chi connectivity index (χ2v) is 5.44. The summed E-state index contributed by atoms with van der Waals surface area (Å²) in [6.07, 6.45) is 3.95. The monoisotopic (exact) mass is 287 g/mol. The van der Waals surface area contributed by atoms with E-state index in [0.717, 1.165) is 43.1 Å². The van der Waals surface area contributed by atoms with E-state index in [1.54, 1.807) is 0 Å². The minimum Gasteiger partial charge on any atom is -0.340 e. The lowest BCUT2D eigenvalue weighted by Gasteiger charge is -2.20. The predicted molar refractivity (Wildman–Crippen MR) is 82.4 cm³/mol. The first-order valence-corrected chi connectivity index (χ1v) is 7.51. The van der Waals surface area contributed by atoms with Crippen LogP contribution in [0, 0.1) is 6.92 Å². The van der Waals surface area contributed by atoms with Gasteiger partial charge in [-0.25, -0.2) is 9.97 Å². The molecule has 3 rings (SSSR count). The van der Waals surface area contributed by atoms with E-state index < -0.39 is 0 Å². The molecule has 1 aromatic heterocycles. The van der Waals surface area contributed by atoms with Crippen LogP contribution >= 0.6 is 11.6 Å². The van der Waals surface area contributed by atoms with E-state index in [0.29, 0.717) is 5.88 Å². The summed E-state index contributed by atoms with van der Waals surface area (Å²) < 4.78 is 0. The normalized spacial score (nSPS) is 14.8. The predicted octanol–water partition coefficient (Wildman–Crippen LogP) is 3.13. The average Bonchev–Trinajstić information content (AvgIpc) is 2.70. The van der Waals surface area contributed by atoms with Crippen molar-refractivity contribution in [1.82, 2.24) is 9.97 Å². The molecule has 0 radical (unpaired) electrons. The van der Waals surface area contributed by atoms with Gasteiger partial charge in [0, 0.05) is 30.5 Å². The Kier molecular flexibility index (Phi) is 3.88. The lowest BCUT2D eigenvalue weighted by atomic mass is 10.0. The summed E-state index contributed by atoms with van der Waals surface area (Å²) in [4.78, 5) is 11.3. The molecule has 4 heteroatoms. The van der Waals surface area contributed by atoms with Crippen LogP contribution in [-0.4, -0.2) is 23.1 Å². The highest BCUT2D eigenvalue weighted by Gasteiger charge is 2.16. The first kappa shape index (κ1) is 13.4. The number of alkyl halides is 1. The standard InChI is InChI=1S/C16H18ClN3/c1-12-15(10-17)11-18-16(19-12)20-8-6-13-4-2-3-5-14(13)7-9-20/h2-5,11H,6-10H2,1H3. The minimum atomic E-state index is 0.470. The van der Waals surface area contributed by atoms with Crippen LogP contribution in [0.5, 0.6) is 0 Å². The van der Waals surface area contributed by atoms with Crippen molar-refractivity contribution in [1.29, 1.82) is 0 Å². The average molecular weight is 288 g/mol. The highest BCUT2D eigenvalue weighted by molar-refractivity contribution is 6.17. The number of hydrogen-bond acceptors (Lipinski definition) is 3. The first-order valence-electron chi connectivity index (χ1n) is 6.98. The van der Waals surface area contributed by atoms with Crippen molar-refractivity contribution in [3.8, 4) is 0 Å². The maximum Gasteiger partial charge on any atom is 0.225 e. The molecule has 104 valence electrons. The number of aryl methyl sites for hydroxylation is 1. The largest absolute Gasteiger partial charge is 0.340 e. The van der Waals surface area contributed by atoms with Gasteiger partial charge in [0.1, 0.15) is 0 Å². The Balaban J connectivity index is 1.81. The Morgan fingerprint density at radius 1 is 1.15 bits per heavy atom. The smallest absolute Gasteiger partial charge is 0.225 e. The number of aromatic nitrogens is 2. The lowest BCUT2D eigenvalue weighted by Crippen LogP contribution is -2.28. The van der Waals surface area contributed by atoms with Crippen LogP contribution in [0.25, 0.3) is 0 Å². The third-order valence-corrected chi connectivity index (χ3v) is 4.20. The topological polar surface area (TPSA) is 29.0 Å². The molecule has 0 spiro atoms. The molecule has 1 aliphatic heterocycles. The number of hydrogen-bond donors (Lipinski definition) is 0. The Hall–Kier alpha value is -1.61. The van der Waals surface area contributed by atoms with Gasteiger partial charge in [0.2, 0.25) is 5.95 Å². The third kappa shape index (κ3) is 2.63. The Labute approximate surface area is 124 Å². The summed E-state index contributed by atoms with van der Waals surface area (Å²) >= 11 is 5.86. The van der Waals surface area contributed by atoms with Gasteiger partial charge < -0.3 is 4.90 Å². The van der Waals surface area contributed by atoms with Crippen molar-refractivity contribution < 1.29 is 0 Å². The Bertz CT molecular complexity index is 585. The van der Waals surface area contributed by atoms with Crippen LogP contribution in [0.2, 0.25) is 0 Å². The number of nitrogens with zero attached hydrogens (tertiary/aromatic N) is 3. The van der Waals surface area contributed by atoms with Crippen molar-refractivity contribution in [2.75, 3.05) is 18.0 Å². The molecule has 0 saturated heterocycles. The van der Waals surface area contributed by atoms with E-state index in [2.05, 4.69) is 39.1 Å². The van der Waals surface area contributed by atoms with Crippen molar-refractivity contribution in [3.05, 3.63) is 52.8 Å². The van der Waals surface area contributed by atoms with Gasteiger partial charge in [0.05, 0.1) is 5.88 Å². The molecule has 0 fully saturated rings. The maximum atomic E-state index is 5.86. The van der Waals surface area contributed by atoms with Crippen LogP contribution < -0.4 is 4.90 Å². The molecular weight excluding hydrogens is 270 g/mol. The number of rotatable bonds is 2. The zero-order valence-corrected chi connectivity index (χ0v) is 12.4. The molecule has 0 bridgehead atoms. The molecule has 0 unspecified atom stereocenters. The number of halogens is 1. The number of fused-ring (bicyclic) bond motifs is 1. The van der Waals surface area contributed by atoms with E-state index in [-0.39, 0.29) is 0 Å². The molecule has 2 aromatic rings. The maximum absolute atomic E-state index is 5.86. The van der Waals surface area contributed by atoms with Gasteiger partial charge in [0.25, 0.3) is 0 Å². The fourth-order valence-electron chi connectivity index (χ4n) is 2.63. The van der Waals surface area contributed by atoms with Gasteiger partial charge in [-0.3, -0.25) is 0 Å². The third-order valence-electron chi connectivity index (χ3n) is 3.92. The molecule has 0 atom stereocenters. The molecule has 0 saturated carbocycles. The van der Waals surface area contributed by atoms with Gasteiger partial charge in [-0.15, -0.1) is 11.6 Å². The summed E-state index contributed by atoms with van der Waals surface area (Å²) in [5.41, 5.74) is 4.88. The second-order valence-electron chi connectivity index (χ2n) is 5.17. The van der Waals surface area contributed by atoms with Crippen LogP contribution in [0.15, 0.2) is 30.5 Å². The first-order chi connectivity index (χ1) is 9.78. The van der Waals surface area contributed by atoms with Gasteiger partial charge in [-0.05, 0) is 30.9 Å². The SMILES string of the molecule is Cc1nc(N2CCc3ccccc3CC2)ncc1CCl. The Morgan fingerprint density at radius 3 is 2.35 bits per heavy atom. The van der Waals surface area contributed by atoms with E-state index >= 15 is 0 Å². The molecular formula is C16H18ClN3. The summed E-state index contributed by atoms with van der Waals surface area (Å²) in [5.74, 6) is 1.29. The van der Waals surface area contributed by atoms with Crippen molar-refractivity contribution in [2.24, 2.45) is 0 Å². The van der Waals surface area contributed by atoms with E-state index in [1.165, 1.54) is 11.1 Å². The molecule has 20 heavy (non-hydrogen) atoms. The van der Waals surface area contributed by atoms with Gasteiger partial charge in [-0.1, -0.05) is 24.3 Å². The van der Waals surface area contributed by atoms with E-state index in [4.69, 9.17) is 11.6 Å². The molecule has 0 amide bonds. The summed E-state index contributed by atoms with van der Waals surface area (Å²) in [6, 6.07) is 8.68.